The maximum Gasteiger partial charge on any atom is 0.246 e. The van der Waals surface area contributed by atoms with Crippen molar-refractivity contribution in [1.29, 1.82) is 0 Å². The number of carbonyl (C=O) groups excluding carboxylic acids is 1. The van der Waals surface area contributed by atoms with Crippen LogP contribution in [0.3, 0.4) is 0 Å². The highest BCUT2D eigenvalue weighted by Crippen LogP contribution is 2.12. The molecule has 1 aromatic heterocycles. The minimum Gasteiger partial charge on any atom is -0.395 e. The van der Waals surface area contributed by atoms with Crippen LogP contribution in [0.1, 0.15) is 37.4 Å². The minimum absolute atomic E-state index is 0.00805. The van der Waals surface area contributed by atoms with E-state index in [0.29, 0.717) is 6.54 Å². The second kappa shape index (κ2) is 8.07. The molecule has 0 fully saturated rings. The molecule has 0 atom stereocenters. The first-order valence-electron chi connectivity index (χ1n) is 6.64. The summed E-state index contributed by atoms with van der Waals surface area (Å²) in [5.74, 6) is -0.0617. The number of nitrogens with zero attached hydrogens (tertiary/aromatic N) is 2. The van der Waals surface area contributed by atoms with Crippen LogP contribution in [0.25, 0.3) is 6.08 Å². The van der Waals surface area contributed by atoms with Crippen molar-refractivity contribution < 1.29 is 9.90 Å². The highest BCUT2D eigenvalue weighted by Gasteiger charge is 2.18. The van der Waals surface area contributed by atoms with Gasteiger partial charge in [-0.3, -0.25) is 4.79 Å². The second-order valence-corrected chi connectivity index (χ2v) is 5.41. The Bertz CT molecular complexity index is 425. The SMILES string of the molecule is CCC(CC)N(CCO)C(=O)/C=C/c1csc(C)n1. The fourth-order valence-corrected chi connectivity index (χ4v) is 2.60. The third kappa shape index (κ3) is 4.76. The first kappa shape index (κ1) is 15.9. The summed E-state index contributed by atoms with van der Waals surface area (Å²) in [6.45, 7) is 6.42. The minimum atomic E-state index is -0.0617. The van der Waals surface area contributed by atoms with Crippen LogP contribution < -0.4 is 0 Å². The zero-order valence-electron chi connectivity index (χ0n) is 11.8. The number of aliphatic hydroxyl groups is 1. The molecule has 0 saturated heterocycles. The van der Waals surface area contributed by atoms with Gasteiger partial charge in [-0.05, 0) is 25.8 Å². The Balaban J connectivity index is 2.73. The molecule has 4 nitrogen and oxygen atoms in total. The van der Waals surface area contributed by atoms with E-state index < -0.39 is 0 Å². The van der Waals surface area contributed by atoms with Gasteiger partial charge in [-0.2, -0.15) is 0 Å². The lowest BCUT2D eigenvalue weighted by molar-refractivity contribution is -0.128. The van der Waals surface area contributed by atoms with Crippen molar-refractivity contribution in [3.05, 3.63) is 22.2 Å². The van der Waals surface area contributed by atoms with Crippen LogP contribution in [0, 0.1) is 6.92 Å². The number of aryl methyl sites for hydroxylation is 1. The van der Waals surface area contributed by atoms with E-state index in [1.165, 1.54) is 0 Å². The Morgan fingerprint density at radius 3 is 2.68 bits per heavy atom. The molecule has 0 aliphatic heterocycles. The van der Waals surface area contributed by atoms with Gasteiger partial charge in [-0.15, -0.1) is 11.3 Å². The number of carbonyl (C=O) groups is 1. The lowest BCUT2D eigenvalue weighted by Gasteiger charge is -2.28. The summed E-state index contributed by atoms with van der Waals surface area (Å²) in [5, 5.41) is 12.0. The number of rotatable bonds is 7. The van der Waals surface area contributed by atoms with Gasteiger partial charge in [0.1, 0.15) is 0 Å². The molecule has 1 N–H and O–H groups in total. The van der Waals surface area contributed by atoms with Gasteiger partial charge in [0.2, 0.25) is 5.91 Å². The van der Waals surface area contributed by atoms with E-state index in [9.17, 15) is 4.79 Å². The summed E-state index contributed by atoms with van der Waals surface area (Å²) in [7, 11) is 0. The fourth-order valence-electron chi connectivity index (χ4n) is 2.02. The van der Waals surface area contributed by atoms with Crippen molar-refractivity contribution in [3.8, 4) is 0 Å². The third-order valence-electron chi connectivity index (χ3n) is 3.04. The largest absolute Gasteiger partial charge is 0.395 e. The zero-order chi connectivity index (χ0) is 14.3. The molecule has 1 aromatic rings. The molecule has 0 aromatic carbocycles. The molecule has 1 amide bonds. The summed E-state index contributed by atoms with van der Waals surface area (Å²) in [6.07, 6.45) is 5.07. The van der Waals surface area contributed by atoms with Gasteiger partial charge >= 0.3 is 0 Å². The highest BCUT2D eigenvalue weighted by atomic mass is 32.1. The number of aromatic nitrogens is 1. The van der Waals surface area contributed by atoms with Gasteiger partial charge in [0, 0.05) is 24.0 Å². The Morgan fingerprint density at radius 2 is 2.21 bits per heavy atom. The molecule has 0 bridgehead atoms. The molecular weight excluding hydrogens is 260 g/mol. The Labute approximate surface area is 118 Å². The van der Waals surface area contributed by atoms with Crippen molar-refractivity contribution in [3.63, 3.8) is 0 Å². The van der Waals surface area contributed by atoms with E-state index in [0.717, 1.165) is 23.5 Å². The Morgan fingerprint density at radius 1 is 1.53 bits per heavy atom. The van der Waals surface area contributed by atoms with Crippen LogP contribution in [-0.4, -0.2) is 40.1 Å². The zero-order valence-corrected chi connectivity index (χ0v) is 12.6. The second-order valence-electron chi connectivity index (χ2n) is 4.35. The van der Waals surface area contributed by atoms with E-state index in [4.69, 9.17) is 5.11 Å². The van der Waals surface area contributed by atoms with Crippen molar-refractivity contribution in [1.82, 2.24) is 9.88 Å². The van der Waals surface area contributed by atoms with Crippen LogP contribution in [-0.2, 0) is 4.79 Å². The maximum atomic E-state index is 12.2. The molecule has 1 heterocycles. The smallest absolute Gasteiger partial charge is 0.246 e. The summed E-state index contributed by atoms with van der Waals surface area (Å²) in [5.41, 5.74) is 0.810. The number of aliphatic hydroxyl groups excluding tert-OH is 1. The van der Waals surface area contributed by atoms with Gasteiger partial charge in [-0.25, -0.2) is 4.98 Å². The molecule has 0 aliphatic rings. The predicted molar refractivity (Wildman–Crippen MR) is 79.1 cm³/mol. The van der Waals surface area contributed by atoms with E-state index in [1.54, 1.807) is 28.4 Å². The molecule has 0 spiro atoms. The number of hydrogen-bond acceptors (Lipinski definition) is 4. The van der Waals surface area contributed by atoms with Crippen LogP contribution in [0.5, 0.6) is 0 Å². The highest BCUT2D eigenvalue weighted by molar-refractivity contribution is 7.09. The van der Waals surface area contributed by atoms with E-state index in [2.05, 4.69) is 18.8 Å². The summed E-state index contributed by atoms with van der Waals surface area (Å²) < 4.78 is 0. The van der Waals surface area contributed by atoms with Crippen LogP contribution in [0.15, 0.2) is 11.5 Å². The number of thiazole rings is 1. The quantitative estimate of drug-likeness (QED) is 0.782. The van der Waals surface area contributed by atoms with Crippen LogP contribution >= 0.6 is 11.3 Å². The predicted octanol–water partition coefficient (Wildman–Crippen LogP) is 2.47. The standard InChI is InChI=1S/C14H22N2O2S/c1-4-13(5-2)16(8-9-17)14(18)7-6-12-10-19-11(3)15-12/h6-7,10,13,17H,4-5,8-9H2,1-3H3/b7-6+. The molecule has 19 heavy (non-hydrogen) atoms. The molecule has 0 unspecified atom stereocenters. The normalized spacial score (nSPS) is 11.4. The Kier molecular flexibility index (Phi) is 6.73. The van der Waals surface area contributed by atoms with E-state index >= 15 is 0 Å². The molecule has 0 aliphatic carbocycles. The molecular formula is C14H22N2O2S. The maximum absolute atomic E-state index is 12.2. The first-order chi connectivity index (χ1) is 9.12. The molecule has 1 rings (SSSR count). The van der Waals surface area contributed by atoms with Gasteiger partial charge in [0.15, 0.2) is 0 Å². The van der Waals surface area contributed by atoms with Gasteiger partial charge in [0.05, 0.1) is 17.3 Å². The third-order valence-corrected chi connectivity index (χ3v) is 3.83. The molecule has 0 saturated carbocycles. The summed E-state index contributed by atoms with van der Waals surface area (Å²) >= 11 is 1.56. The molecule has 5 heteroatoms. The van der Waals surface area contributed by atoms with E-state index in [1.807, 2.05) is 12.3 Å². The monoisotopic (exact) mass is 282 g/mol. The number of amides is 1. The van der Waals surface area contributed by atoms with Crippen molar-refractivity contribution in [2.45, 2.75) is 39.7 Å². The molecule has 106 valence electrons. The molecule has 0 radical (unpaired) electrons. The average molecular weight is 282 g/mol. The van der Waals surface area contributed by atoms with Crippen molar-refractivity contribution >= 4 is 23.3 Å². The lowest BCUT2D eigenvalue weighted by atomic mass is 10.1. The lowest BCUT2D eigenvalue weighted by Crippen LogP contribution is -2.40. The van der Waals surface area contributed by atoms with Crippen LogP contribution in [0.2, 0.25) is 0 Å². The van der Waals surface area contributed by atoms with Crippen LogP contribution in [0.4, 0.5) is 0 Å². The van der Waals surface area contributed by atoms with Gasteiger partial charge in [0.25, 0.3) is 0 Å². The fraction of sp³-hybridized carbons (Fsp3) is 0.571. The summed E-state index contributed by atoms with van der Waals surface area (Å²) in [4.78, 5) is 18.2. The van der Waals surface area contributed by atoms with E-state index in [-0.39, 0.29) is 18.6 Å². The number of hydrogen-bond donors (Lipinski definition) is 1. The first-order valence-corrected chi connectivity index (χ1v) is 7.52. The topological polar surface area (TPSA) is 53.4 Å². The summed E-state index contributed by atoms with van der Waals surface area (Å²) in [6, 6.07) is 0.182. The van der Waals surface area contributed by atoms with Gasteiger partial charge < -0.3 is 10.0 Å². The van der Waals surface area contributed by atoms with Crippen molar-refractivity contribution in [2.75, 3.05) is 13.2 Å². The van der Waals surface area contributed by atoms with Gasteiger partial charge in [-0.1, -0.05) is 13.8 Å². The van der Waals surface area contributed by atoms with Crippen molar-refractivity contribution in [2.24, 2.45) is 0 Å². The average Bonchev–Trinajstić information content (AvgIpc) is 2.82. The Hall–Kier alpha value is -1.20.